The summed E-state index contributed by atoms with van der Waals surface area (Å²) in [5, 5.41) is 3.04. The fourth-order valence-electron chi connectivity index (χ4n) is 4.53. The maximum atomic E-state index is 13.3. The molecule has 0 saturated carbocycles. The van der Waals surface area contributed by atoms with E-state index in [0.29, 0.717) is 11.6 Å². The highest BCUT2D eigenvalue weighted by Crippen LogP contribution is 2.35. The van der Waals surface area contributed by atoms with Crippen LogP contribution in [0.4, 0.5) is 11.4 Å². The Morgan fingerprint density at radius 2 is 1.94 bits per heavy atom. The SMILES string of the molecule is O=C1[C@@H](N2CCCc3cc(Cl)ccc32)CCN1c1ccc(S(=O)(=O)Cc2nccs2)cc1. The summed E-state index contributed by atoms with van der Waals surface area (Å²) in [5.41, 5.74) is 2.99. The number of thiazole rings is 1. The van der Waals surface area contributed by atoms with E-state index < -0.39 is 9.84 Å². The van der Waals surface area contributed by atoms with E-state index in [4.69, 9.17) is 11.6 Å². The van der Waals surface area contributed by atoms with Gasteiger partial charge in [-0.05, 0) is 67.3 Å². The number of benzene rings is 2. The summed E-state index contributed by atoms with van der Waals surface area (Å²) in [5.74, 6) is -0.0705. The third kappa shape index (κ3) is 4.02. The van der Waals surface area contributed by atoms with Crippen LogP contribution in [-0.2, 0) is 26.8 Å². The summed E-state index contributed by atoms with van der Waals surface area (Å²) >= 11 is 7.48. The van der Waals surface area contributed by atoms with Crippen LogP contribution in [0.25, 0.3) is 0 Å². The fraction of sp³-hybridized carbons (Fsp3) is 0.304. The highest BCUT2D eigenvalue weighted by Gasteiger charge is 2.38. The van der Waals surface area contributed by atoms with Crippen LogP contribution in [0.3, 0.4) is 0 Å². The summed E-state index contributed by atoms with van der Waals surface area (Å²) < 4.78 is 25.3. The van der Waals surface area contributed by atoms with E-state index in [1.807, 2.05) is 18.2 Å². The summed E-state index contributed by atoms with van der Waals surface area (Å²) in [6, 6.07) is 12.3. The van der Waals surface area contributed by atoms with Gasteiger partial charge in [-0.25, -0.2) is 13.4 Å². The molecule has 1 aromatic heterocycles. The Balaban J connectivity index is 1.34. The van der Waals surface area contributed by atoms with Gasteiger partial charge in [-0.2, -0.15) is 0 Å². The van der Waals surface area contributed by atoms with Gasteiger partial charge in [0.15, 0.2) is 9.84 Å². The van der Waals surface area contributed by atoms with E-state index in [2.05, 4.69) is 9.88 Å². The minimum absolute atomic E-state index is 0.0474. The number of sulfone groups is 1. The number of nitrogens with zero attached hydrogens (tertiary/aromatic N) is 3. The smallest absolute Gasteiger partial charge is 0.249 e. The van der Waals surface area contributed by atoms with Gasteiger partial charge in [-0.3, -0.25) is 4.79 Å². The minimum Gasteiger partial charge on any atom is -0.359 e. The van der Waals surface area contributed by atoms with Crippen molar-refractivity contribution in [3.8, 4) is 0 Å². The van der Waals surface area contributed by atoms with Gasteiger partial charge in [0.25, 0.3) is 0 Å². The number of amides is 1. The standard InChI is InChI=1S/C23H22ClN3O3S2/c24-17-3-8-20-16(14-17)2-1-11-27(20)21-9-12-26(23(21)28)18-4-6-19(7-5-18)32(29,30)15-22-25-10-13-31-22/h3-8,10,13-14,21H,1-2,9,11-12,15H2/t21-/m0/s1. The molecule has 2 aromatic carbocycles. The van der Waals surface area contributed by atoms with Crippen molar-refractivity contribution >= 4 is 50.1 Å². The van der Waals surface area contributed by atoms with Gasteiger partial charge in [0, 0.05) is 41.1 Å². The van der Waals surface area contributed by atoms with Crippen LogP contribution >= 0.6 is 22.9 Å². The molecule has 2 aliphatic rings. The van der Waals surface area contributed by atoms with E-state index in [9.17, 15) is 13.2 Å². The van der Waals surface area contributed by atoms with Gasteiger partial charge in [-0.1, -0.05) is 11.6 Å². The van der Waals surface area contributed by atoms with Crippen LogP contribution in [0.5, 0.6) is 0 Å². The van der Waals surface area contributed by atoms with Crippen LogP contribution < -0.4 is 9.80 Å². The third-order valence-corrected chi connectivity index (χ3v) is 8.90. The molecule has 0 N–H and O–H groups in total. The van der Waals surface area contributed by atoms with Crippen molar-refractivity contribution in [1.29, 1.82) is 0 Å². The van der Waals surface area contributed by atoms with Gasteiger partial charge in [0.2, 0.25) is 5.91 Å². The zero-order chi connectivity index (χ0) is 22.3. The maximum Gasteiger partial charge on any atom is 0.249 e. The number of aryl methyl sites for hydroxylation is 1. The Kier molecular flexibility index (Phi) is 5.69. The van der Waals surface area contributed by atoms with Crippen molar-refractivity contribution in [2.45, 2.75) is 36.0 Å². The molecule has 0 radical (unpaired) electrons. The zero-order valence-electron chi connectivity index (χ0n) is 17.3. The molecule has 1 fully saturated rings. The Morgan fingerprint density at radius 1 is 1.12 bits per heavy atom. The zero-order valence-corrected chi connectivity index (χ0v) is 19.7. The van der Waals surface area contributed by atoms with Crippen LogP contribution in [0, 0.1) is 0 Å². The highest BCUT2D eigenvalue weighted by molar-refractivity contribution is 7.90. The van der Waals surface area contributed by atoms with Crippen molar-refractivity contribution in [3.05, 3.63) is 69.6 Å². The third-order valence-electron chi connectivity index (χ3n) is 6.05. The number of hydrogen-bond acceptors (Lipinski definition) is 6. The molecule has 0 aliphatic carbocycles. The maximum absolute atomic E-state index is 13.3. The van der Waals surface area contributed by atoms with Crippen LogP contribution in [-0.4, -0.2) is 38.4 Å². The molecular formula is C23H22ClN3O3S2. The molecule has 1 atom stereocenters. The first-order valence-electron chi connectivity index (χ1n) is 10.5. The van der Waals surface area contributed by atoms with Crippen molar-refractivity contribution < 1.29 is 13.2 Å². The monoisotopic (exact) mass is 487 g/mol. The molecule has 2 aliphatic heterocycles. The topological polar surface area (TPSA) is 70.6 Å². The predicted molar refractivity (Wildman–Crippen MR) is 127 cm³/mol. The van der Waals surface area contributed by atoms with Crippen molar-refractivity contribution in [3.63, 3.8) is 0 Å². The van der Waals surface area contributed by atoms with Crippen molar-refractivity contribution in [2.24, 2.45) is 0 Å². The molecule has 3 heterocycles. The van der Waals surface area contributed by atoms with Gasteiger partial charge in [0.1, 0.15) is 16.8 Å². The molecule has 0 spiro atoms. The number of hydrogen-bond donors (Lipinski definition) is 0. The molecule has 0 unspecified atom stereocenters. The first kappa shape index (κ1) is 21.4. The molecule has 1 saturated heterocycles. The quantitative estimate of drug-likeness (QED) is 0.535. The molecule has 32 heavy (non-hydrogen) atoms. The number of anilines is 2. The fourth-order valence-corrected chi connectivity index (χ4v) is 6.98. The van der Waals surface area contributed by atoms with Gasteiger partial charge in [-0.15, -0.1) is 11.3 Å². The number of carbonyl (C=O) groups excluding carboxylic acids is 1. The predicted octanol–water partition coefficient (Wildman–Crippen LogP) is 4.33. The highest BCUT2D eigenvalue weighted by atomic mass is 35.5. The molecular weight excluding hydrogens is 466 g/mol. The number of fused-ring (bicyclic) bond motifs is 1. The molecule has 9 heteroatoms. The molecule has 166 valence electrons. The number of rotatable bonds is 5. The van der Waals surface area contributed by atoms with Gasteiger partial charge in [0.05, 0.1) is 4.90 Å². The first-order valence-corrected chi connectivity index (χ1v) is 13.4. The number of carbonyl (C=O) groups is 1. The summed E-state index contributed by atoms with van der Waals surface area (Å²) in [6.07, 6.45) is 4.28. The lowest BCUT2D eigenvalue weighted by molar-refractivity contribution is -0.118. The van der Waals surface area contributed by atoms with Crippen LogP contribution in [0.1, 0.15) is 23.4 Å². The van der Waals surface area contributed by atoms with E-state index in [1.165, 1.54) is 16.9 Å². The lowest BCUT2D eigenvalue weighted by atomic mass is 9.99. The lowest BCUT2D eigenvalue weighted by Gasteiger charge is -2.35. The molecule has 1 amide bonds. The molecule has 6 nitrogen and oxygen atoms in total. The Labute approximate surface area is 196 Å². The van der Waals surface area contributed by atoms with E-state index in [0.717, 1.165) is 42.2 Å². The molecule has 0 bridgehead atoms. The Morgan fingerprint density at radius 3 is 2.69 bits per heavy atom. The first-order chi connectivity index (χ1) is 15.4. The molecule has 3 aromatic rings. The lowest BCUT2D eigenvalue weighted by Crippen LogP contribution is -2.44. The Hall–Kier alpha value is -2.42. The molecule has 5 rings (SSSR count). The summed E-state index contributed by atoms with van der Waals surface area (Å²) in [7, 11) is -3.48. The second kappa shape index (κ2) is 8.50. The minimum atomic E-state index is -3.48. The average molecular weight is 488 g/mol. The Bertz CT molecular complexity index is 1240. The van der Waals surface area contributed by atoms with Gasteiger partial charge >= 0.3 is 0 Å². The second-order valence-electron chi connectivity index (χ2n) is 8.04. The summed E-state index contributed by atoms with van der Waals surface area (Å²) in [6.45, 7) is 1.45. The van der Waals surface area contributed by atoms with Crippen LogP contribution in [0.15, 0.2) is 58.9 Å². The summed E-state index contributed by atoms with van der Waals surface area (Å²) in [4.78, 5) is 21.6. The van der Waals surface area contributed by atoms with Crippen molar-refractivity contribution in [1.82, 2.24) is 4.98 Å². The average Bonchev–Trinajstić information content (AvgIpc) is 3.42. The number of halogens is 1. The normalized spacial score (nSPS) is 18.8. The van der Waals surface area contributed by atoms with Gasteiger partial charge < -0.3 is 9.80 Å². The van der Waals surface area contributed by atoms with Crippen molar-refractivity contribution in [2.75, 3.05) is 22.9 Å². The van der Waals surface area contributed by atoms with Crippen LogP contribution in [0.2, 0.25) is 5.02 Å². The van der Waals surface area contributed by atoms with E-state index >= 15 is 0 Å². The van der Waals surface area contributed by atoms with E-state index in [-0.39, 0.29) is 22.6 Å². The second-order valence-corrected chi connectivity index (χ2v) is 11.4. The van der Waals surface area contributed by atoms with E-state index in [1.54, 1.807) is 40.7 Å². The number of aromatic nitrogens is 1. The largest absolute Gasteiger partial charge is 0.359 e.